The van der Waals surface area contributed by atoms with Crippen LogP contribution in [0.25, 0.3) is 0 Å². The maximum atomic E-state index is 11.8. The monoisotopic (exact) mass is 258 g/mol. The van der Waals surface area contributed by atoms with Gasteiger partial charge in [-0.25, -0.2) is 0 Å². The van der Waals surface area contributed by atoms with Crippen LogP contribution in [-0.2, 0) is 9.53 Å². The third-order valence-corrected chi connectivity index (χ3v) is 3.00. The summed E-state index contributed by atoms with van der Waals surface area (Å²) < 4.78 is 5.19. The average molecular weight is 258 g/mol. The van der Waals surface area contributed by atoms with Crippen molar-refractivity contribution in [3.63, 3.8) is 0 Å². The maximum absolute atomic E-state index is 11.8. The lowest BCUT2D eigenvalue weighted by Crippen LogP contribution is -2.52. The Morgan fingerprint density at radius 2 is 1.89 bits per heavy atom. The number of hydrogen-bond donors (Lipinski definition) is 1. The van der Waals surface area contributed by atoms with Crippen LogP contribution in [0.1, 0.15) is 27.2 Å². The molecule has 0 aliphatic carbocycles. The molecule has 0 atom stereocenters. The molecule has 0 aromatic rings. The lowest BCUT2D eigenvalue weighted by molar-refractivity contribution is -0.134. The smallest absolute Gasteiger partial charge is 0.224 e. The quantitative estimate of drug-likeness (QED) is 0.698. The maximum Gasteiger partial charge on any atom is 0.224 e. The van der Waals surface area contributed by atoms with Gasteiger partial charge in [0.2, 0.25) is 5.91 Å². The van der Waals surface area contributed by atoms with Gasteiger partial charge in [0.1, 0.15) is 0 Å². The molecule has 0 saturated carbocycles. The van der Waals surface area contributed by atoms with E-state index < -0.39 is 5.60 Å². The normalized spacial score (nSPS) is 18.1. The SMILES string of the molecule is CCOCCC(=O)N1CCN(CC(C)(C)O)CC1. The Bertz CT molecular complexity index is 255. The second-order valence-electron chi connectivity index (χ2n) is 5.42. The van der Waals surface area contributed by atoms with Gasteiger partial charge in [-0.1, -0.05) is 0 Å². The molecule has 1 rings (SSSR count). The largest absolute Gasteiger partial charge is 0.389 e. The number of piperazine rings is 1. The van der Waals surface area contributed by atoms with E-state index in [-0.39, 0.29) is 5.91 Å². The molecule has 5 heteroatoms. The first-order valence-corrected chi connectivity index (χ1v) is 6.72. The first-order chi connectivity index (χ1) is 8.42. The Kier molecular flexibility index (Phi) is 6.05. The number of ether oxygens (including phenoxy) is 1. The van der Waals surface area contributed by atoms with E-state index in [1.807, 2.05) is 25.7 Å². The molecule has 1 aliphatic rings. The highest BCUT2D eigenvalue weighted by Crippen LogP contribution is 2.09. The summed E-state index contributed by atoms with van der Waals surface area (Å²) >= 11 is 0. The molecule has 5 nitrogen and oxygen atoms in total. The third-order valence-electron chi connectivity index (χ3n) is 3.00. The van der Waals surface area contributed by atoms with Crippen molar-refractivity contribution in [2.24, 2.45) is 0 Å². The molecule has 1 fully saturated rings. The second kappa shape index (κ2) is 7.07. The van der Waals surface area contributed by atoms with E-state index in [0.717, 1.165) is 26.2 Å². The molecular weight excluding hydrogens is 232 g/mol. The number of nitrogens with zero attached hydrogens (tertiary/aromatic N) is 2. The van der Waals surface area contributed by atoms with Crippen molar-refractivity contribution < 1.29 is 14.6 Å². The molecule has 106 valence electrons. The molecule has 0 radical (unpaired) electrons. The van der Waals surface area contributed by atoms with E-state index >= 15 is 0 Å². The Morgan fingerprint density at radius 1 is 1.28 bits per heavy atom. The van der Waals surface area contributed by atoms with Crippen molar-refractivity contribution in [3.8, 4) is 0 Å². The number of carbonyl (C=O) groups is 1. The van der Waals surface area contributed by atoms with Crippen molar-refractivity contribution in [1.82, 2.24) is 9.80 Å². The Labute approximate surface area is 110 Å². The van der Waals surface area contributed by atoms with Gasteiger partial charge in [0.05, 0.1) is 18.6 Å². The van der Waals surface area contributed by atoms with Crippen LogP contribution in [-0.4, -0.2) is 72.4 Å². The fourth-order valence-corrected chi connectivity index (χ4v) is 2.16. The predicted molar refractivity (Wildman–Crippen MR) is 70.4 cm³/mol. The first-order valence-electron chi connectivity index (χ1n) is 6.72. The number of β-amino-alcohol motifs (C(OH)–C–C–N with tert-alkyl or cyclic N) is 1. The molecule has 0 aromatic heterocycles. The first kappa shape index (κ1) is 15.4. The van der Waals surface area contributed by atoms with Crippen LogP contribution in [0.5, 0.6) is 0 Å². The fraction of sp³-hybridized carbons (Fsp3) is 0.923. The summed E-state index contributed by atoms with van der Waals surface area (Å²) in [6.45, 7) is 10.6. The van der Waals surface area contributed by atoms with Gasteiger partial charge in [-0.05, 0) is 20.8 Å². The van der Waals surface area contributed by atoms with Gasteiger partial charge in [0, 0.05) is 39.3 Å². The number of amides is 1. The van der Waals surface area contributed by atoms with Gasteiger partial charge >= 0.3 is 0 Å². The van der Waals surface area contributed by atoms with Gasteiger partial charge in [0.15, 0.2) is 0 Å². The van der Waals surface area contributed by atoms with E-state index in [9.17, 15) is 9.90 Å². The Morgan fingerprint density at radius 3 is 2.39 bits per heavy atom. The molecule has 0 spiro atoms. The van der Waals surface area contributed by atoms with Crippen LogP contribution in [0.2, 0.25) is 0 Å². The zero-order chi connectivity index (χ0) is 13.6. The van der Waals surface area contributed by atoms with E-state index in [0.29, 0.717) is 26.2 Å². The fourth-order valence-electron chi connectivity index (χ4n) is 2.16. The van der Waals surface area contributed by atoms with E-state index in [4.69, 9.17) is 4.74 Å². The third kappa shape index (κ3) is 5.80. The van der Waals surface area contributed by atoms with Crippen molar-refractivity contribution >= 4 is 5.91 Å². The van der Waals surface area contributed by atoms with E-state index in [1.165, 1.54) is 0 Å². The standard InChI is InChI=1S/C13H26N2O3/c1-4-18-10-5-12(16)15-8-6-14(7-9-15)11-13(2,3)17/h17H,4-11H2,1-3H3. The van der Waals surface area contributed by atoms with Crippen molar-refractivity contribution in [2.75, 3.05) is 45.9 Å². The van der Waals surface area contributed by atoms with Crippen LogP contribution >= 0.6 is 0 Å². The topological polar surface area (TPSA) is 53.0 Å². The lowest BCUT2D eigenvalue weighted by atomic mass is 10.1. The van der Waals surface area contributed by atoms with Crippen molar-refractivity contribution in [1.29, 1.82) is 0 Å². The highest BCUT2D eigenvalue weighted by Gasteiger charge is 2.24. The van der Waals surface area contributed by atoms with Crippen LogP contribution in [0.3, 0.4) is 0 Å². The molecule has 18 heavy (non-hydrogen) atoms. The molecule has 0 unspecified atom stereocenters. The summed E-state index contributed by atoms with van der Waals surface area (Å²) in [6, 6.07) is 0. The molecule has 0 aromatic carbocycles. The predicted octanol–water partition coefficient (Wildman–Crippen LogP) is 0.328. The Balaban J connectivity index is 2.24. The molecular formula is C13H26N2O3. The summed E-state index contributed by atoms with van der Waals surface area (Å²) in [5.74, 6) is 0.173. The number of carbonyl (C=O) groups excluding carboxylic acids is 1. The van der Waals surface area contributed by atoms with Crippen LogP contribution < -0.4 is 0 Å². The van der Waals surface area contributed by atoms with Gasteiger partial charge in [-0.15, -0.1) is 0 Å². The van der Waals surface area contributed by atoms with Gasteiger partial charge in [-0.2, -0.15) is 0 Å². The number of hydrogen-bond acceptors (Lipinski definition) is 4. The van der Waals surface area contributed by atoms with E-state index in [1.54, 1.807) is 0 Å². The summed E-state index contributed by atoms with van der Waals surface area (Å²) in [4.78, 5) is 15.9. The Hall–Kier alpha value is -0.650. The zero-order valence-electron chi connectivity index (χ0n) is 11.8. The molecule has 1 heterocycles. The van der Waals surface area contributed by atoms with Crippen molar-refractivity contribution in [2.45, 2.75) is 32.8 Å². The average Bonchev–Trinajstić information content (AvgIpc) is 2.28. The highest BCUT2D eigenvalue weighted by molar-refractivity contribution is 5.76. The number of rotatable bonds is 6. The zero-order valence-corrected chi connectivity index (χ0v) is 11.8. The van der Waals surface area contributed by atoms with Gasteiger partial charge in [0.25, 0.3) is 0 Å². The highest BCUT2D eigenvalue weighted by atomic mass is 16.5. The lowest BCUT2D eigenvalue weighted by Gasteiger charge is -2.37. The summed E-state index contributed by atoms with van der Waals surface area (Å²) in [6.07, 6.45) is 0.472. The molecule has 1 N–H and O–H groups in total. The van der Waals surface area contributed by atoms with Crippen LogP contribution in [0.15, 0.2) is 0 Å². The summed E-state index contributed by atoms with van der Waals surface area (Å²) in [5, 5.41) is 9.75. The van der Waals surface area contributed by atoms with Crippen LogP contribution in [0, 0.1) is 0 Å². The van der Waals surface area contributed by atoms with Gasteiger partial charge in [-0.3, -0.25) is 9.69 Å². The van der Waals surface area contributed by atoms with Crippen molar-refractivity contribution in [3.05, 3.63) is 0 Å². The molecule has 1 amide bonds. The summed E-state index contributed by atoms with van der Waals surface area (Å²) in [5.41, 5.74) is -0.666. The minimum atomic E-state index is -0.666. The van der Waals surface area contributed by atoms with Gasteiger partial charge < -0.3 is 14.7 Å². The molecule has 1 saturated heterocycles. The summed E-state index contributed by atoms with van der Waals surface area (Å²) in [7, 11) is 0. The minimum Gasteiger partial charge on any atom is -0.389 e. The second-order valence-corrected chi connectivity index (χ2v) is 5.42. The number of aliphatic hydroxyl groups is 1. The minimum absolute atomic E-state index is 0.173. The molecule has 0 bridgehead atoms. The van der Waals surface area contributed by atoms with E-state index in [2.05, 4.69) is 4.90 Å². The van der Waals surface area contributed by atoms with Crippen LogP contribution in [0.4, 0.5) is 0 Å². The molecule has 1 aliphatic heterocycles.